The van der Waals surface area contributed by atoms with Crippen molar-refractivity contribution in [1.29, 1.82) is 0 Å². The molecule has 1 aliphatic rings. The molecule has 1 aliphatic carbocycles. The van der Waals surface area contributed by atoms with Crippen LogP contribution in [0.1, 0.15) is 25.0 Å². The third-order valence-electron chi connectivity index (χ3n) is 10.0. The molecule has 0 amide bonds. The predicted molar refractivity (Wildman–Crippen MR) is 198 cm³/mol. The molecule has 0 unspecified atom stereocenters. The maximum atomic E-state index is 2.41. The molecule has 0 fully saturated rings. The SMILES string of the molecule is CC1(C)c2ccccc2-c2ccc(N(c3ccc(-c4cccc5ccccc45)cc3)c3ccc4c(ccn4-c4ccccc4)c3)cc21. The molecule has 0 radical (unpaired) electrons. The van der Waals surface area contributed by atoms with E-state index in [-0.39, 0.29) is 5.41 Å². The first-order valence-electron chi connectivity index (χ1n) is 16.4. The topological polar surface area (TPSA) is 8.17 Å². The van der Waals surface area contributed by atoms with Gasteiger partial charge in [-0.1, -0.05) is 117 Å². The smallest absolute Gasteiger partial charge is 0.0529 e. The number of aromatic nitrogens is 1. The number of fused-ring (bicyclic) bond motifs is 5. The van der Waals surface area contributed by atoms with Gasteiger partial charge in [-0.15, -0.1) is 0 Å². The van der Waals surface area contributed by atoms with Crippen molar-refractivity contribution in [2.24, 2.45) is 0 Å². The van der Waals surface area contributed by atoms with E-state index in [0.717, 1.165) is 22.7 Å². The highest BCUT2D eigenvalue weighted by atomic mass is 15.1. The van der Waals surface area contributed by atoms with Crippen LogP contribution in [0.5, 0.6) is 0 Å². The molecule has 1 aromatic heterocycles. The second kappa shape index (κ2) is 10.6. The third-order valence-corrected chi connectivity index (χ3v) is 10.0. The first-order valence-corrected chi connectivity index (χ1v) is 16.4. The summed E-state index contributed by atoms with van der Waals surface area (Å²) < 4.78 is 2.26. The summed E-state index contributed by atoms with van der Waals surface area (Å²) in [6, 6.07) is 59.7. The van der Waals surface area contributed by atoms with Gasteiger partial charge in [0.05, 0.1) is 5.52 Å². The average Bonchev–Trinajstić information content (AvgIpc) is 3.65. The Morgan fingerprint density at radius 1 is 0.468 bits per heavy atom. The number of anilines is 3. The van der Waals surface area contributed by atoms with Crippen molar-refractivity contribution in [3.05, 3.63) is 181 Å². The minimum atomic E-state index is -0.0807. The Labute approximate surface area is 275 Å². The van der Waals surface area contributed by atoms with Crippen LogP contribution in [0.3, 0.4) is 0 Å². The van der Waals surface area contributed by atoms with Gasteiger partial charge in [-0.25, -0.2) is 0 Å². The number of benzene rings is 7. The van der Waals surface area contributed by atoms with Gasteiger partial charge < -0.3 is 9.47 Å². The zero-order chi connectivity index (χ0) is 31.5. The van der Waals surface area contributed by atoms with Crippen LogP contribution in [0.25, 0.3) is 49.6 Å². The molecule has 0 spiro atoms. The summed E-state index contributed by atoms with van der Waals surface area (Å²) in [6.45, 7) is 4.70. The Hall–Kier alpha value is -5.86. The zero-order valence-corrected chi connectivity index (χ0v) is 26.6. The number of hydrogen-bond acceptors (Lipinski definition) is 1. The second-order valence-corrected chi connectivity index (χ2v) is 13.1. The lowest BCUT2D eigenvalue weighted by molar-refractivity contribution is 0.660. The Kier molecular flexibility index (Phi) is 6.20. The van der Waals surface area contributed by atoms with Gasteiger partial charge >= 0.3 is 0 Å². The number of nitrogens with zero attached hydrogens (tertiary/aromatic N) is 2. The minimum Gasteiger partial charge on any atom is -0.317 e. The fourth-order valence-corrected chi connectivity index (χ4v) is 7.63. The molecule has 1 heterocycles. The fourth-order valence-electron chi connectivity index (χ4n) is 7.63. The molecule has 0 atom stereocenters. The van der Waals surface area contributed by atoms with Crippen LogP contribution in [0.2, 0.25) is 0 Å². The quantitative estimate of drug-likeness (QED) is 0.190. The summed E-state index contributed by atoms with van der Waals surface area (Å²) in [5.41, 5.74) is 13.6. The summed E-state index contributed by atoms with van der Waals surface area (Å²) in [4.78, 5) is 2.41. The van der Waals surface area contributed by atoms with Crippen molar-refractivity contribution in [2.45, 2.75) is 19.3 Å². The third kappa shape index (κ3) is 4.40. The molecule has 0 aliphatic heterocycles. The van der Waals surface area contributed by atoms with E-state index in [2.05, 4.69) is 193 Å². The van der Waals surface area contributed by atoms with Crippen LogP contribution in [0.4, 0.5) is 17.1 Å². The Bertz CT molecular complexity index is 2420. The number of rotatable bonds is 5. The van der Waals surface area contributed by atoms with Crippen LogP contribution in [-0.4, -0.2) is 4.57 Å². The van der Waals surface area contributed by atoms with E-state index >= 15 is 0 Å². The Morgan fingerprint density at radius 3 is 2.00 bits per heavy atom. The molecule has 2 heteroatoms. The first-order chi connectivity index (χ1) is 23.1. The summed E-state index contributed by atoms with van der Waals surface area (Å²) in [5.74, 6) is 0. The largest absolute Gasteiger partial charge is 0.317 e. The van der Waals surface area contributed by atoms with Crippen molar-refractivity contribution < 1.29 is 0 Å². The van der Waals surface area contributed by atoms with Gasteiger partial charge in [0.2, 0.25) is 0 Å². The van der Waals surface area contributed by atoms with E-state index in [9.17, 15) is 0 Å². The highest BCUT2D eigenvalue weighted by molar-refractivity contribution is 5.97. The summed E-state index contributed by atoms with van der Waals surface area (Å²) in [6.07, 6.45) is 2.17. The molecule has 7 aromatic carbocycles. The highest BCUT2D eigenvalue weighted by Gasteiger charge is 2.35. The van der Waals surface area contributed by atoms with Gasteiger partial charge in [-0.3, -0.25) is 0 Å². The lowest BCUT2D eigenvalue weighted by atomic mass is 9.82. The highest BCUT2D eigenvalue weighted by Crippen LogP contribution is 2.50. The molecule has 0 bridgehead atoms. The van der Waals surface area contributed by atoms with Crippen molar-refractivity contribution in [3.63, 3.8) is 0 Å². The monoisotopic (exact) mass is 602 g/mol. The molecule has 9 rings (SSSR count). The van der Waals surface area contributed by atoms with Crippen LogP contribution in [0.15, 0.2) is 170 Å². The van der Waals surface area contributed by atoms with Crippen LogP contribution < -0.4 is 4.90 Å². The van der Waals surface area contributed by atoms with E-state index < -0.39 is 0 Å². The molecule has 0 saturated heterocycles. The van der Waals surface area contributed by atoms with Crippen LogP contribution in [0, 0.1) is 0 Å². The standard InChI is InChI=1S/C45H34N2/c1-45(2)42-18-9-8-16-40(42)41-25-23-37(30-43(41)45)47(36-24-26-44-33(29-36)27-28-46(44)34-13-4-3-5-14-34)35-21-19-32(20-22-35)39-17-10-12-31-11-6-7-15-38(31)39/h3-30H,1-2H3. The maximum Gasteiger partial charge on any atom is 0.0529 e. The molecule has 2 nitrogen and oxygen atoms in total. The van der Waals surface area contributed by atoms with E-state index in [1.165, 1.54) is 55.1 Å². The van der Waals surface area contributed by atoms with E-state index in [4.69, 9.17) is 0 Å². The van der Waals surface area contributed by atoms with Crippen molar-refractivity contribution >= 4 is 38.7 Å². The fraction of sp³-hybridized carbons (Fsp3) is 0.0667. The normalized spacial score (nSPS) is 13.1. The number of para-hydroxylation sites is 1. The maximum absolute atomic E-state index is 2.41. The van der Waals surface area contributed by atoms with Gasteiger partial charge in [0.15, 0.2) is 0 Å². The molecule has 0 N–H and O–H groups in total. The molecule has 0 saturated carbocycles. The van der Waals surface area contributed by atoms with Crippen molar-refractivity contribution in [1.82, 2.24) is 4.57 Å². The van der Waals surface area contributed by atoms with E-state index in [0.29, 0.717) is 0 Å². The van der Waals surface area contributed by atoms with Crippen molar-refractivity contribution in [3.8, 4) is 27.9 Å². The van der Waals surface area contributed by atoms with Gasteiger partial charge in [-0.2, -0.15) is 0 Å². The molecule has 8 aromatic rings. The minimum absolute atomic E-state index is 0.0807. The molecule has 224 valence electrons. The Morgan fingerprint density at radius 2 is 1.13 bits per heavy atom. The van der Waals surface area contributed by atoms with Gasteiger partial charge in [0.25, 0.3) is 0 Å². The van der Waals surface area contributed by atoms with Crippen molar-refractivity contribution in [2.75, 3.05) is 4.90 Å². The number of hydrogen-bond donors (Lipinski definition) is 0. The molecular weight excluding hydrogens is 569 g/mol. The zero-order valence-electron chi connectivity index (χ0n) is 26.6. The second-order valence-electron chi connectivity index (χ2n) is 13.1. The van der Waals surface area contributed by atoms with Gasteiger partial charge in [-0.05, 0) is 105 Å². The summed E-state index contributed by atoms with van der Waals surface area (Å²) >= 11 is 0. The summed E-state index contributed by atoms with van der Waals surface area (Å²) in [5, 5.41) is 3.74. The molecule has 47 heavy (non-hydrogen) atoms. The van der Waals surface area contributed by atoms with Crippen LogP contribution in [-0.2, 0) is 5.41 Å². The lowest BCUT2D eigenvalue weighted by Gasteiger charge is -2.28. The Balaban J connectivity index is 1.19. The lowest BCUT2D eigenvalue weighted by Crippen LogP contribution is -2.16. The van der Waals surface area contributed by atoms with E-state index in [1.54, 1.807) is 0 Å². The average molecular weight is 603 g/mol. The molecular formula is C45H34N2. The predicted octanol–water partition coefficient (Wildman–Crippen LogP) is 12.2. The van der Waals surface area contributed by atoms with Gasteiger partial charge in [0, 0.05) is 39.7 Å². The van der Waals surface area contributed by atoms with Gasteiger partial charge in [0.1, 0.15) is 0 Å². The first kappa shape index (κ1) is 27.5. The summed E-state index contributed by atoms with van der Waals surface area (Å²) in [7, 11) is 0. The van der Waals surface area contributed by atoms with E-state index in [1.807, 2.05) is 0 Å². The van der Waals surface area contributed by atoms with Crippen LogP contribution >= 0.6 is 0 Å².